The third kappa shape index (κ3) is 5.40. The van der Waals surface area contributed by atoms with Gasteiger partial charge < -0.3 is 14.6 Å². The molecule has 1 heterocycles. The molecule has 1 amide bonds. The molecule has 3 rings (SSSR count). The number of carbonyl (C=O) groups excluding carboxylic acids is 1. The molecular weight excluding hydrogens is 420 g/mol. The van der Waals surface area contributed by atoms with E-state index in [1.54, 1.807) is 68.6 Å². The first-order chi connectivity index (χ1) is 14.8. The number of benzene rings is 2. The van der Waals surface area contributed by atoms with E-state index in [1.165, 1.54) is 0 Å². The Hall–Kier alpha value is -3.40. The third-order valence-corrected chi connectivity index (χ3v) is 5.75. The summed E-state index contributed by atoms with van der Waals surface area (Å²) in [6.07, 6.45) is 1.36. The Balaban J connectivity index is 1.72. The van der Waals surface area contributed by atoms with Crippen molar-refractivity contribution in [3.63, 3.8) is 0 Å². The number of hydrogen-bond donors (Lipinski definition) is 1. The minimum Gasteiger partial charge on any atom is -0.497 e. The first kappa shape index (κ1) is 22.3. The van der Waals surface area contributed by atoms with E-state index < -0.39 is 22.0 Å². The zero-order valence-corrected chi connectivity index (χ0v) is 18.3. The average molecular weight is 445 g/mol. The van der Waals surface area contributed by atoms with Crippen LogP contribution in [0.2, 0.25) is 0 Å². The van der Waals surface area contributed by atoms with E-state index in [0.717, 1.165) is 16.1 Å². The zero-order chi connectivity index (χ0) is 22.4. The first-order valence-corrected chi connectivity index (χ1v) is 11.5. The summed E-state index contributed by atoms with van der Waals surface area (Å²) >= 11 is 0. The highest BCUT2D eigenvalue weighted by atomic mass is 32.2. The fourth-order valence-electron chi connectivity index (χ4n) is 3.10. The van der Waals surface area contributed by atoms with E-state index in [9.17, 15) is 13.2 Å². The van der Waals surface area contributed by atoms with Crippen molar-refractivity contribution in [2.45, 2.75) is 25.9 Å². The molecule has 0 aliphatic heterocycles. The number of nitrogens with zero attached hydrogens (tertiary/aromatic N) is 3. The lowest BCUT2D eigenvalue weighted by molar-refractivity contribution is -0.122. The topological polar surface area (TPSA) is 115 Å². The molecule has 9 nitrogen and oxygen atoms in total. The number of carbonyl (C=O) groups is 1. The highest BCUT2D eigenvalue weighted by Gasteiger charge is 2.31. The number of aromatic nitrogens is 2. The van der Waals surface area contributed by atoms with Crippen LogP contribution in [0.3, 0.4) is 0 Å². The predicted molar refractivity (Wildman–Crippen MR) is 116 cm³/mol. The van der Waals surface area contributed by atoms with Gasteiger partial charge in [-0.1, -0.05) is 30.3 Å². The molecule has 0 aliphatic rings. The van der Waals surface area contributed by atoms with Crippen LogP contribution >= 0.6 is 0 Å². The molecule has 0 saturated heterocycles. The molecule has 0 bridgehead atoms. The Bertz CT molecular complexity index is 1110. The lowest BCUT2D eigenvalue weighted by Gasteiger charge is -2.29. The van der Waals surface area contributed by atoms with E-state index in [4.69, 9.17) is 9.26 Å². The van der Waals surface area contributed by atoms with Crippen LogP contribution in [0.4, 0.5) is 5.69 Å². The van der Waals surface area contributed by atoms with Gasteiger partial charge in [0, 0.05) is 5.56 Å². The van der Waals surface area contributed by atoms with Crippen molar-refractivity contribution in [2.24, 2.45) is 0 Å². The first-order valence-electron chi connectivity index (χ1n) is 9.62. The normalized spacial score (nSPS) is 12.2. The van der Waals surface area contributed by atoms with Gasteiger partial charge in [-0.3, -0.25) is 9.10 Å². The number of rotatable bonds is 9. The molecule has 1 atom stereocenters. The average Bonchev–Trinajstić information content (AvgIpc) is 3.24. The fourth-order valence-corrected chi connectivity index (χ4v) is 4.31. The molecule has 1 N–H and O–H groups in total. The summed E-state index contributed by atoms with van der Waals surface area (Å²) in [5, 5.41) is 6.62. The van der Waals surface area contributed by atoms with Gasteiger partial charge in [0.25, 0.3) is 0 Å². The molecule has 0 spiro atoms. The summed E-state index contributed by atoms with van der Waals surface area (Å²) in [5.41, 5.74) is 1.16. The number of amides is 1. The van der Waals surface area contributed by atoms with Crippen LogP contribution in [0.25, 0.3) is 11.4 Å². The highest BCUT2D eigenvalue weighted by molar-refractivity contribution is 7.92. The smallest absolute Gasteiger partial charge is 0.246 e. The Morgan fingerprint density at radius 2 is 1.84 bits per heavy atom. The number of anilines is 1. The van der Waals surface area contributed by atoms with Crippen LogP contribution in [-0.4, -0.2) is 43.9 Å². The van der Waals surface area contributed by atoms with Gasteiger partial charge in [0.15, 0.2) is 0 Å². The minimum absolute atomic E-state index is 0.0229. The van der Waals surface area contributed by atoms with Crippen LogP contribution in [0.1, 0.15) is 19.2 Å². The molecule has 164 valence electrons. The molecule has 0 saturated carbocycles. The van der Waals surface area contributed by atoms with Crippen LogP contribution in [0.5, 0.6) is 5.75 Å². The lowest BCUT2D eigenvalue weighted by Crippen LogP contribution is -2.49. The Morgan fingerprint density at radius 1 is 1.16 bits per heavy atom. The van der Waals surface area contributed by atoms with Crippen molar-refractivity contribution in [1.29, 1.82) is 0 Å². The van der Waals surface area contributed by atoms with E-state index in [-0.39, 0.29) is 18.9 Å². The maximum Gasteiger partial charge on any atom is 0.246 e. The van der Waals surface area contributed by atoms with Gasteiger partial charge in [0.2, 0.25) is 27.6 Å². The summed E-state index contributed by atoms with van der Waals surface area (Å²) in [6, 6.07) is 14.7. The van der Waals surface area contributed by atoms with Crippen molar-refractivity contribution in [2.75, 3.05) is 17.7 Å². The van der Waals surface area contributed by atoms with Gasteiger partial charge in [0.1, 0.15) is 11.8 Å². The fraction of sp³-hybridized carbons (Fsp3) is 0.286. The molecule has 2 aromatic carbocycles. The maximum atomic E-state index is 12.8. The van der Waals surface area contributed by atoms with Gasteiger partial charge in [-0.2, -0.15) is 4.98 Å². The second-order valence-corrected chi connectivity index (χ2v) is 8.64. The maximum absolute atomic E-state index is 12.8. The number of sulfonamides is 1. The predicted octanol–water partition coefficient (Wildman–Crippen LogP) is 2.61. The summed E-state index contributed by atoms with van der Waals surface area (Å²) < 4.78 is 36.3. The monoisotopic (exact) mass is 444 g/mol. The minimum atomic E-state index is -3.68. The second kappa shape index (κ2) is 9.61. The van der Waals surface area contributed by atoms with Crippen molar-refractivity contribution in [3.05, 3.63) is 60.5 Å². The Kier molecular flexibility index (Phi) is 6.91. The van der Waals surface area contributed by atoms with Crippen molar-refractivity contribution in [1.82, 2.24) is 15.5 Å². The molecular formula is C21H24N4O5S. The quantitative estimate of drug-likeness (QED) is 0.539. The van der Waals surface area contributed by atoms with Crippen LogP contribution in [-0.2, 0) is 21.4 Å². The van der Waals surface area contributed by atoms with E-state index in [0.29, 0.717) is 17.3 Å². The number of ether oxygens (including phenoxy) is 1. The van der Waals surface area contributed by atoms with Crippen molar-refractivity contribution < 1.29 is 22.5 Å². The van der Waals surface area contributed by atoms with Gasteiger partial charge in [-0.15, -0.1) is 0 Å². The van der Waals surface area contributed by atoms with Gasteiger partial charge in [0.05, 0.1) is 25.6 Å². The zero-order valence-electron chi connectivity index (χ0n) is 17.5. The van der Waals surface area contributed by atoms with Gasteiger partial charge in [-0.05, 0) is 42.8 Å². The van der Waals surface area contributed by atoms with Gasteiger partial charge in [-0.25, -0.2) is 8.42 Å². The SMILES string of the molecule is CC[C@H](C(=O)NCc1nc(-c2ccc(OC)cc2)no1)N(c1ccccc1)S(C)(=O)=O. The van der Waals surface area contributed by atoms with Gasteiger partial charge >= 0.3 is 0 Å². The molecule has 0 aliphatic carbocycles. The van der Waals surface area contributed by atoms with Crippen LogP contribution in [0, 0.1) is 0 Å². The number of nitrogens with one attached hydrogen (secondary N) is 1. The standard InChI is InChI=1S/C21H24N4O5S/c1-4-18(25(31(3,27)28)16-8-6-5-7-9-16)21(26)22-14-19-23-20(24-30-19)15-10-12-17(29-2)13-11-15/h5-13,18H,4,14H2,1-3H3,(H,22,26)/t18-/m1/s1. The molecule has 0 fully saturated rings. The van der Waals surface area contributed by atoms with Crippen molar-refractivity contribution >= 4 is 21.6 Å². The lowest BCUT2D eigenvalue weighted by atomic mass is 10.2. The van der Waals surface area contributed by atoms with E-state index >= 15 is 0 Å². The summed E-state index contributed by atoms with van der Waals surface area (Å²) in [4.78, 5) is 17.1. The summed E-state index contributed by atoms with van der Waals surface area (Å²) in [5.74, 6) is 0.834. The van der Waals surface area contributed by atoms with Crippen LogP contribution < -0.4 is 14.4 Å². The summed E-state index contributed by atoms with van der Waals surface area (Å²) in [6.45, 7) is 1.73. The Morgan fingerprint density at radius 3 is 2.42 bits per heavy atom. The molecule has 10 heteroatoms. The van der Waals surface area contributed by atoms with E-state index in [2.05, 4.69) is 15.5 Å². The second-order valence-electron chi connectivity index (χ2n) is 6.78. The molecule has 3 aromatic rings. The number of para-hydroxylation sites is 1. The van der Waals surface area contributed by atoms with Crippen molar-refractivity contribution in [3.8, 4) is 17.1 Å². The molecule has 31 heavy (non-hydrogen) atoms. The summed E-state index contributed by atoms with van der Waals surface area (Å²) in [7, 11) is -2.10. The van der Waals surface area contributed by atoms with E-state index in [1.807, 2.05) is 0 Å². The molecule has 0 radical (unpaired) electrons. The Labute approximate surface area is 181 Å². The van der Waals surface area contributed by atoms with Crippen LogP contribution in [0.15, 0.2) is 59.1 Å². The number of hydrogen-bond acceptors (Lipinski definition) is 7. The highest BCUT2D eigenvalue weighted by Crippen LogP contribution is 2.22. The molecule has 0 unspecified atom stereocenters. The molecule has 1 aromatic heterocycles. The largest absolute Gasteiger partial charge is 0.497 e. The number of methoxy groups -OCH3 is 1. The third-order valence-electron chi connectivity index (χ3n) is 4.57.